The standard InChI is InChI=1S/C17H13BrN2O3S/c1-10-5-7-11(8-6-10)20-16(22)13(15(21)19-17(20)23)9-12-3-2-4-14(18)24-12/h3-9H,2H2,1H3,(H,19,21,23)/b13-9+. The first-order chi connectivity index (χ1) is 11.5. The summed E-state index contributed by atoms with van der Waals surface area (Å²) in [5.41, 5.74) is 1.37. The first kappa shape index (κ1) is 16.7. The molecule has 0 aliphatic carbocycles. The molecular weight excluding hydrogens is 392 g/mol. The van der Waals surface area contributed by atoms with Crippen LogP contribution in [-0.4, -0.2) is 17.8 Å². The van der Waals surface area contributed by atoms with Crippen LogP contribution in [0.3, 0.4) is 0 Å². The van der Waals surface area contributed by atoms with Crippen molar-refractivity contribution >= 4 is 51.2 Å². The lowest BCUT2D eigenvalue weighted by Crippen LogP contribution is -2.54. The molecular formula is C17H13BrN2O3S. The van der Waals surface area contributed by atoms with E-state index in [0.717, 1.165) is 19.2 Å². The molecule has 0 radical (unpaired) electrons. The van der Waals surface area contributed by atoms with E-state index in [9.17, 15) is 14.4 Å². The summed E-state index contributed by atoms with van der Waals surface area (Å²) in [6.07, 6.45) is 6.13. The second-order valence-electron chi connectivity index (χ2n) is 5.25. The van der Waals surface area contributed by atoms with Crippen LogP contribution in [0.5, 0.6) is 0 Å². The van der Waals surface area contributed by atoms with Crippen LogP contribution in [0, 0.1) is 6.92 Å². The molecule has 2 aliphatic rings. The summed E-state index contributed by atoms with van der Waals surface area (Å²) in [5, 5.41) is 2.22. The van der Waals surface area contributed by atoms with E-state index in [4.69, 9.17) is 0 Å². The van der Waals surface area contributed by atoms with Crippen molar-refractivity contribution in [3.8, 4) is 0 Å². The van der Waals surface area contributed by atoms with Crippen LogP contribution < -0.4 is 10.2 Å². The van der Waals surface area contributed by atoms with E-state index >= 15 is 0 Å². The van der Waals surface area contributed by atoms with Crippen molar-refractivity contribution in [2.45, 2.75) is 13.3 Å². The third kappa shape index (κ3) is 3.37. The number of nitrogens with zero attached hydrogens (tertiary/aromatic N) is 1. The van der Waals surface area contributed by atoms with Crippen molar-refractivity contribution in [1.82, 2.24) is 5.32 Å². The number of allylic oxidation sites excluding steroid dienone is 3. The number of nitrogens with one attached hydrogen (secondary N) is 1. The molecule has 2 aliphatic heterocycles. The fraction of sp³-hybridized carbons (Fsp3) is 0.118. The van der Waals surface area contributed by atoms with E-state index in [2.05, 4.69) is 21.2 Å². The molecule has 1 aromatic rings. The highest BCUT2D eigenvalue weighted by molar-refractivity contribution is 9.14. The summed E-state index contributed by atoms with van der Waals surface area (Å²) in [6, 6.07) is 6.22. The largest absolute Gasteiger partial charge is 0.335 e. The molecule has 1 fully saturated rings. The van der Waals surface area contributed by atoms with Crippen molar-refractivity contribution in [3.63, 3.8) is 0 Å². The number of rotatable bonds is 2. The molecule has 0 bridgehead atoms. The van der Waals surface area contributed by atoms with Crippen molar-refractivity contribution < 1.29 is 14.4 Å². The third-order valence-electron chi connectivity index (χ3n) is 3.49. The molecule has 2 heterocycles. The van der Waals surface area contributed by atoms with Crippen molar-refractivity contribution in [2.75, 3.05) is 4.90 Å². The van der Waals surface area contributed by atoms with E-state index in [1.54, 1.807) is 24.3 Å². The highest BCUT2D eigenvalue weighted by atomic mass is 79.9. The lowest BCUT2D eigenvalue weighted by Gasteiger charge is -2.26. The zero-order valence-corrected chi connectivity index (χ0v) is 15.1. The Labute approximate surface area is 151 Å². The van der Waals surface area contributed by atoms with E-state index in [1.807, 2.05) is 19.1 Å². The van der Waals surface area contributed by atoms with E-state index in [-0.39, 0.29) is 5.57 Å². The molecule has 1 aromatic carbocycles. The lowest BCUT2D eigenvalue weighted by atomic mass is 10.1. The van der Waals surface area contributed by atoms with Gasteiger partial charge in [0.2, 0.25) is 0 Å². The number of carbonyl (C=O) groups is 3. The predicted octanol–water partition coefficient (Wildman–Crippen LogP) is 3.76. The highest BCUT2D eigenvalue weighted by Gasteiger charge is 2.36. The number of aryl methyl sites for hydroxylation is 1. The van der Waals surface area contributed by atoms with Gasteiger partial charge in [-0.3, -0.25) is 14.9 Å². The molecule has 7 heteroatoms. The van der Waals surface area contributed by atoms with Gasteiger partial charge in [-0.2, -0.15) is 0 Å². The quantitative estimate of drug-likeness (QED) is 0.601. The first-order valence-electron chi connectivity index (χ1n) is 7.17. The molecule has 24 heavy (non-hydrogen) atoms. The molecule has 5 nitrogen and oxygen atoms in total. The minimum Gasteiger partial charge on any atom is -0.273 e. The molecule has 1 saturated heterocycles. The van der Waals surface area contributed by atoms with Crippen LogP contribution in [0.1, 0.15) is 12.0 Å². The van der Waals surface area contributed by atoms with Crippen LogP contribution in [0.15, 0.2) is 56.8 Å². The second-order valence-corrected chi connectivity index (χ2v) is 7.74. The van der Waals surface area contributed by atoms with Gasteiger partial charge in [-0.15, -0.1) is 0 Å². The number of barbiturate groups is 1. The second kappa shape index (κ2) is 6.78. The number of hydrogen-bond acceptors (Lipinski definition) is 4. The van der Waals surface area contributed by atoms with E-state index in [0.29, 0.717) is 12.1 Å². The van der Waals surface area contributed by atoms with Gasteiger partial charge in [0.25, 0.3) is 11.8 Å². The van der Waals surface area contributed by atoms with Crippen molar-refractivity contribution in [2.24, 2.45) is 0 Å². The van der Waals surface area contributed by atoms with Crippen molar-refractivity contribution in [3.05, 3.63) is 62.3 Å². The van der Waals surface area contributed by atoms with E-state index < -0.39 is 17.8 Å². The summed E-state index contributed by atoms with van der Waals surface area (Å²) in [5.74, 6) is -1.31. The molecule has 3 rings (SSSR count). The van der Waals surface area contributed by atoms with Gasteiger partial charge in [0.15, 0.2) is 0 Å². The smallest absolute Gasteiger partial charge is 0.273 e. The minimum absolute atomic E-state index is 0.0591. The summed E-state index contributed by atoms with van der Waals surface area (Å²) in [7, 11) is 0. The molecule has 0 unspecified atom stereocenters. The van der Waals surface area contributed by atoms with Gasteiger partial charge >= 0.3 is 6.03 Å². The number of halogens is 1. The third-order valence-corrected chi connectivity index (χ3v) is 5.18. The van der Waals surface area contributed by atoms with Crippen LogP contribution in [0.4, 0.5) is 10.5 Å². The number of anilines is 1. The summed E-state index contributed by atoms with van der Waals surface area (Å²) >= 11 is 4.80. The average molecular weight is 405 g/mol. The van der Waals surface area contributed by atoms with Gasteiger partial charge in [-0.1, -0.05) is 41.6 Å². The lowest BCUT2D eigenvalue weighted by molar-refractivity contribution is -0.122. The Morgan fingerprint density at radius 1 is 1.17 bits per heavy atom. The average Bonchev–Trinajstić information content (AvgIpc) is 2.53. The van der Waals surface area contributed by atoms with Gasteiger partial charge in [0.1, 0.15) is 5.57 Å². The number of amides is 4. The molecule has 0 saturated carbocycles. The molecule has 0 aromatic heterocycles. The Bertz CT molecular complexity index is 825. The van der Waals surface area contributed by atoms with Gasteiger partial charge in [-0.25, -0.2) is 9.69 Å². The fourth-order valence-corrected chi connectivity index (χ4v) is 3.79. The zero-order valence-electron chi connectivity index (χ0n) is 12.7. The fourth-order valence-electron chi connectivity index (χ4n) is 2.28. The number of benzene rings is 1. The summed E-state index contributed by atoms with van der Waals surface area (Å²) < 4.78 is 0.923. The topological polar surface area (TPSA) is 66.5 Å². The Morgan fingerprint density at radius 2 is 1.88 bits per heavy atom. The number of thioether (sulfide) groups is 1. The van der Waals surface area contributed by atoms with Crippen molar-refractivity contribution in [1.29, 1.82) is 0 Å². The monoisotopic (exact) mass is 404 g/mol. The van der Waals surface area contributed by atoms with Gasteiger partial charge in [-0.05, 0) is 47.5 Å². The van der Waals surface area contributed by atoms with Gasteiger partial charge in [0, 0.05) is 4.91 Å². The molecule has 1 N–H and O–H groups in total. The normalized spacial score (nSPS) is 20.0. The maximum absolute atomic E-state index is 12.7. The Kier molecular flexibility index (Phi) is 4.73. The Hall–Kier alpha value is -2.12. The SMILES string of the molecule is Cc1ccc(N2C(=O)NC(=O)/C(=C\C3=CCC=C(Br)S3)C2=O)cc1. The Morgan fingerprint density at radius 3 is 2.54 bits per heavy atom. The number of imide groups is 2. The van der Waals surface area contributed by atoms with Crippen LogP contribution in [-0.2, 0) is 9.59 Å². The highest BCUT2D eigenvalue weighted by Crippen LogP contribution is 2.36. The summed E-state index contributed by atoms with van der Waals surface area (Å²) in [6.45, 7) is 1.91. The van der Waals surface area contributed by atoms with Crippen LogP contribution in [0.25, 0.3) is 0 Å². The minimum atomic E-state index is -0.739. The van der Waals surface area contributed by atoms with E-state index in [1.165, 1.54) is 17.8 Å². The molecule has 0 spiro atoms. The van der Waals surface area contributed by atoms with Crippen LogP contribution in [0.2, 0.25) is 0 Å². The number of carbonyl (C=O) groups excluding carboxylic acids is 3. The molecule has 0 atom stereocenters. The van der Waals surface area contributed by atoms with Gasteiger partial charge < -0.3 is 0 Å². The maximum Gasteiger partial charge on any atom is 0.335 e. The first-order valence-corrected chi connectivity index (χ1v) is 8.78. The maximum atomic E-state index is 12.7. The summed E-state index contributed by atoms with van der Waals surface area (Å²) in [4.78, 5) is 38.6. The number of urea groups is 1. The Balaban J connectivity index is 1.94. The van der Waals surface area contributed by atoms with Crippen LogP contribution >= 0.6 is 27.7 Å². The van der Waals surface area contributed by atoms with Gasteiger partial charge in [0.05, 0.1) is 9.50 Å². The molecule has 4 amide bonds. The molecule has 122 valence electrons. The number of hydrogen-bond donors (Lipinski definition) is 1. The predicted molar refractivity (Wildman–Crippen MR) is 97.6 cm³/mol. The zero-order chi connectivity index (χ0) is 17.3.